The van der Waals surface area contributed by atoms with Crippen molar-refractivity contribution in [3.8, 4) is 11.1 Å². The molecule has 2 atom stereocenters. The number of hydrogen-bond acceptors (Lipinski definition) is 11. The maximum atomic E-state index is 14.2. The highest BCUT2D eigenvalue weighted by Gasteiger charge is 2.50. The Morgan fingerprint density at radius 3 is 2.05 bits per heavy atom. The number of halogens is 7. The summed E-state index contributed by atoms with van der Waals surface area (Å²) in [6.07, 6.45) is -4.31. The number of amides is 5. The van der Waals surface area contributed by atoms with Crippen molar-refractivity contribution in [2.45, 2.75) is 119 Å². The zero-order valence-electron chi connectivity index (χ0n) is 55.9. The van der Waals surface area contributed by atoms with Gasteiger partial charge in [-0.2, -0.15) is 26.3 Å². The lowest BCUT2D eigenvalue weighted by Gasteiger charge is -2.44. The molecule has 3 heterocycles. The number of rotatable bonds is 28. The molecule has 99 heavy (non-hydrogen) atoms. The van der Waals surface area contributed by atoms with Crippen LogP contribution in [0.4, 0.5) is 51.7 Å². The van der Waals surface area contributed by atoms with E-state index in [4.69, 9.17) is 14.2 Å². The van der Waals surface area contributed by atoms with E-state index in [-0.39, 0.29) is 56.2 Å². The van der Waals surface area contributed by atoms with E-state index in [0.717, 1.165) is 78.2 Å². The normalized spacial score (nSPS) is 18.1. The van der Waals surface area contributed by atoms with Crippen LogP contribution >= 0.6 is 0 Å². The van der Waals surface area contributed by atoms with Gasteiger partial charge < -0.3 is 49.1 Å². The van der Waals surface area contributed by atoms with Gasteiger partial charge >= 0.3 is 24.5 Å². The molecule has 4 aliphatic rings. The molecule has 3 aliphatic heterocycles. The first kappa shape index (κ1) is 73.3. The lowest BCUT2D eigenvalue weighted by Crippen LogP contribution is -2.50. The standard InChI is InChI=1S/C75H87F7N8O9/c1-85(36-13-14-44-97-70(94)84-61-28-22-53(23-29-61)49-83-35-12-4-7-21-67(91)86(2)42-43-87-37-30-62(31-38-87)90(71(95)96)65-20-11-9-18-63(65)54-15-5-3-6-16-54)68(92)50-98-66-47-55-17-8-10-19-64(55)72(66)32-39-88(40-33-72)41-34-73(57-24-26-60(76)27-25-57)51-89(52-99-73)69(93)56-45-58(74(77,78)79)48-59(46-56)75(80,81)82/h3,5-6,8-11,15-20,22-29,45-46,48,62,66,83H,4,7,12-14,21,30-44,47,49-52H2,1-2H3,(H,84,94)(H,95,96)/t66-,73+/m0/s1. The van der Waals surface area contributed by atoms with Crippen LogP contribution in [-0.2, 0) is 60.1 Å². The van der Waals surface area contributed by atoms with Gasteiger partial charge in [-0.05, 0) is 160 Å². The summed E-state index contributed by atoms with van der Waals surface area (Å²) in [5, 5.41) is 16.6. The lowest BCUT2D eigenvalue weighted by molar-refractivity contribution is -0.143. The predicted molar refractivity (Wildman–Crippen MR) is 361 cm³/mol. The third-order valence-electron chi connectivity index (χ3n) is 19.9. The van der Waals surface area contributed by atoms with Crippen LogP contribution in [0, 0.1) is 5.82 Å². The van der Waals surface area contributed by atoms with Crippen LogP contribution in [0.1, 0.15) is 114 Å². The van der Waals surface area contributed by atoms with E-state index in [0.29, 0.717) is 120 Å². The number of anilines is 2. The van der Waals surface area contributed by atoms with Crippen LogP contribution in [0.5, 0.6) is 0 Å². The minimum absolute atomic E-state index is 0.0305. The highest BCUT2D eigenvalue weighted by atomic mass is 19.4. The number of carbonyl (C=O) groups excluding carboxylic acids is 4. The molecule has 24 heteroatoms. The van der Waals surface area contributed by atoms with Crippen molar-refractivity contribution in [1.82, 2.24) is 29.8 Å². The second kappa shape index (κ2) is 33.2. The minimum Gasteiger partial charge on any atom is -0.465 e. The summed E-state index contributed by atoms with van der Waals surface area (Å²) in [6.45, 7) is 5.70. The number of para-hydroxylation sites is 1. The summed E-state index contributed by atoms with van der Waals surface area (Å²) in [5.74, 6) is -1.68. The van der Waals surface area contributed by atoms with Gasteiger partial charge in [0.05, 0.1) is 36.1 Å². The van der Waals surface area contributed by atoms with Gasteiger partial charge in [-0.1, -0.05) is 103 Å². The Labute approximate surface area is 573 Å². The van der Waals surface area contributed by atoms with Crippen LogP contribution < -0.4 is 15.5 Å². The zero-order valence-corrected chi connectivity index (χ0v) is 55.9. The first-order valence-electron chi connectivity index (χ1n) is 34.0. The number of nitrogens with one attached hydrogen (secondary N) is 2. The first-order chi connectivity index (χ1) is 47.5. The summed E-state index contributed by atoms with van der Waals surface area (Å²) in [4.78, 5) is 76.1. The minimum atomic E-state index is -5.15. The summed E-state index contributed by atoms with van der Waals surface area (Å²) in [6, 6.07) is 39.2. The molecule has 0 radical (unpaired) electrons. The van der Waals surface area contributed by atoms with Crippen molar-refractivity contribution >= 4 is 41.3 Å². The Balaban J connectivity index is 0.583. The highest BCUT2D eigenvalue weighted by Crippen LogP contribution is 2.49. The quantitative estimate of drug-likeness (QED) is 0.0313. The number of fused-ring (bicyclic) bond motifs is 2. The fourth-order valence-electron chi connectivity index (χ4n) is 14.1. The van der Waals surface area contributed by atoms with Gasteiger partial charge in [0, 0.05) is 94.6 Å². The third kappa shape index (κ3) is 18.9. The summed E-state index contributed by atoms with van der Waals surface area (Å²) in [5.41, 5.74) is 1.30. The van der Waals surface area contributed by atoms with Gasteiger partial charge in [0.1, 0.15) is 24.8 Å². The Kier molecular flexibility index (Phi) is 24.6. The van der Waals surface area contributed by atoms with E-state index in [1.807, 2.05) is 98.0 Å². The zero-order chi connectivity index (χ0) is 70.3. The van der Waals surface area contributed by atoms with Crippen LogP contribution in [0.3, 0.4) is 0 Å². The van der Waals surface area contributed by atoms with E-state index >= 15 is 0 Å². The molecule has 1 aliphatic carbocycles. The Bertz CT molecular complexity index is 3670. The Morgan fingerprint density at radius 1 is 0.697 bits per heavy atom. The molecule has 3 fully saturated rings. The van der Waals surface area contributed by atoms with Crippen LogP contribution in [0.25, 0.3) is 11.1 Å². The number of unbranched alkanes of at least 4 members (excludes halogenated alkanes) is 3. The second-order valence-corrected chi connectivity index (χ2v) is 26.4. The molecule has 0 saturated carbocycles. The molecular weight excluding hydrogens is 1290 g/mol. The van der Waals surface area contributed by atoms with Crippen molar-refractivity contribution in [3.05, 3.63) is 190 Å². The van der Waals surface area contributed by atoms with E-state index < -0.39 is 70.7 Å². The third-order valence-corrected chi connectivity index (χ3v) is 19.9. The summed E-state index contributed by atoms with van der Waals surface area (Å²) in [7, 11) is 3.56. The van der Waals surface area contributed by atoms with E-state index in [9.17, 15) is 59.8 Å². The van der Waals surface area contributed by atoms with Gasteiger partial charge in [-0.25, -0.2) is 14.0 Å². The number of benzene rings is 6. The van der Waals surface area contributed by atoms with E-state index in [1.54, 1.807) is 16.8 Å². The molecule has 0 unspecified atom stereocenters. The van der Waals surface area contributed by atoms with E-state index in [2.05, 4.69) is 32.6 Å². The fourth-order valence-corrected chi connectivity index (χ4v) is 14.1. The molecule has 1 spiro atoms. The SMILES string of the molecule is CN(CCN1CCC(N(C(=O)O)c2ccccc2-c2ccccc2)CC1)C(=O)CCCCCNCc1ccc(NC(=O)OCCCCN(C)C(=O)CO[C@H]2Cc3ccccc3C23CCN(CC[C@]2(c4ccc(F)cc4)CN(C(=O)c4cc(C(F)(F)F)cc(C(F)(F)F)c4)CO2)CC3)cc1. The maximum absolute atomic E-state index is 14.2. The number of alkyl halides is 6. The largest absolute Gasteiger partial charge is 0.465 e. The van der Waals surface area contributed by atoms with Crippen molar-refractivity contribution in [2.75, 3.05) is 110 Å². The molecule has 3 saturated heterocycles. The lowest BCUT2D eigenvalue weighted by atomic mass is 9.72. The molecule has 17 nitrogen and oxygen atoms in total. The number of carboxylic acid groups (broad SMARTS) is 1. The number of ether oxygens (including phenoxy) is 3. The van der Waals surface area contributed by atoms with Crippen molar-refractivity contribution in [1.29, 1.82) is 0 Å². The van der Waals surface area contributed by atoms with Gasteiger partial charge in [-0.15, -0.1) is 0 Å². The molecule has 6 aromatic carbocycles. The maximum Gasteiger partial charge on any atom is 0.416 e. The van der Waals surface area contributed by atoms with Crippen LogP contribution in [0.2, 0.25) is 0 Å². The molecule has 530 valence electrons. The number of likely N-dealkylation sites (tertiary alicyclic amines) is 2. The Hall–Kier alpha value is -8.42. The van der Waals surface area contributed by atoms with Crippen molar-refractivity contribution in [2.24, 2.45) is 0 Å². The molecule has 10 rings (SSSR count). The van der Waals surface area contributed by atoms with Gasteiger partial charge in [0.2, 0.25) is 11.8 Å². The van der Waals surface area contributed by atoms with E-state index in [1.165, 1.54) is 29.2 Å². The molecule has 0 aromatic heterocycles. The van der Waals surface area contributed by atoms with Gasteiger partial charge in [-0.3, -0.25) is 24.6 Å². The molecular formula is C75H87F7N8O9. The van der Waals surface area contributed by atoms with Crippen molar-refractivity contribution in [3.63, 3.8) is 0 Å². The van der Waals surface area contributed by atoms with Gasteiger partial charge in [0.15, 0.2) is 0 Å². The second-order valence-electron chi connectivity index (χ2n) is 26.4. The Morgan fingerprint density at radius 2 is 1.35 bits per heavy atom. The molecule has 6 aromatic rings. The highest BCUT2D eigenvalue weighted by molar-refractivity contribution is 5.95. The molecule has 0 bridgehead atoms. The average molecular weight is 1380 g/mol. The monoisotopic (exact) mass is 1380 g/mol. The fraction of sp³-hybridized carbons (Fsp3) is 0.453. The van der Waals surface area contributed by atoms with Crippen LogP contribution in [-0.4, -0.2) is 171 Å². The number of hydrogen-bond donors (Lipinski definition) is 3. The number of nitrogens with zero attached hydrogens (tertiary/aromatic N) is 6. The first-order valence-corrected chi connectivity index (χ1v) is 34.0. The topological polar surface area (TPSA) is 177 Å². The smallest absolute Gasteiger partial charge is 0.416 e. The van der Waals surface area contributed by atoms with Crippen LogP contribution in [0.15, 0.2) is 146 Å². The number of piperidine rings is 2. The van der Waals surface area contributed by atoms with Gasteiger partial charge in [0.25, 0.3) is 5.91 Å². The summed E-state index contributed by atoms with van der Waals surface area (Å²) < 4.78 is 115. The molecule has 3 N–H and O–H groups in total. The van der Waals surface area contributed by atoms with Crippen molar-refractivity contribution < 1.29 is 74.0 Å². The average Bonchev–Trinajstić information content (AvgIpc) is 1.61. The number of likely N-dealkylation sites (N-methyl/N-ethyl adjacent to an activating group) is 2. The summed E-state index contributed by atoms with van der Waals surface area (Å²) >= 11 is 0. The predicted octanol–water partition coefficient (Wildman–Crippen LogP) is 13.5. The number of carbonyl (C=O) groups is 5. The molecule has 5 amide bonds.